The first-order chi connectivity index (χ1) is 9.91. The SMILES string of the molecule is CCCNC(c1cccc(C(F)(F)F)c1)c1ccc(Br)o1. The van der Waals surface area contributed by atoms with E-state index in [-0.39, 0.29) is 0 Å². The third-order valence-electron chi connectivity index (χ3n) is 3.02. The highest BCUT2D eigenvalue weighted by Crippen LogP contribution is 2.33. The minimum atomic E-state index is -4.35. The number of alkyl halides is 3. The molecule has 1 aromatic heterocycles. The molecule has 2 rings (SSSR count). The molecule has 6 heteroatoms. The maximum absolute atomic E-state index is 12.8. The number of benzene rings is 1. The first kappa shape index (κ1) is 16.1. The van der Waals surface area contributed by atoms with Gasteiger partial charge < -0.3 is 9.73 Å². The van der Waals surface area contributed by atoms with Gasteiger partial charge in [-0.15, -0.1) is 0 Å². The van der Waals surface area contributed by atoms with E-state index in [9.17, 15) is 13.2 Å². The fourth-order valence-corrected chi connectivity index (χ4v) is 2.37. The number of furan rings is 1. The molecule has 0 aliphatic carbocycles. The smallest absolute Gasteiger partial charge is 0.416 e. The van der Waals surface area contributed by atoms with E-state index in [1.54, 1.807) is 18.2 Å². The number of hydrogen-bond donors (Lipinski definition) is 1. The van der Waals surface area contributed by atoms with Gasteiger partial charge in [-0.3, -0.25) is 0 Å². The number of rotatable bonds is 5. The third kappa shape index (κ3) is 4.11. The minimum Gasteiger partial charge on any atom is -0.452 e. The normalized spacial score (nSPS) is 13.4. The molecule has 114 valence electrons. The summed E-state index contributed by atoms with van der Waals surface area (Å²) < 4.78 is 44.6. The van der Waals surface area contributed by atoms with Gasteiger partial charge in [0.2, 0.25) is 0 Å². The molecule has 0 saturated heterocycles. The van der Waals surface area contributed by atoms with Crippen LogP contribution in [0.15, 0.2) is 45.5 Å². The molecule has 0 fully saturated rings. The Bertz CT molecular complexity index is 595. The molecule has 21 heavy (non-hydrogen) atoms. The fraction of sp³-hybridized carbons (Fsp3) is 0.333. The van der Waals surface area contributed by atoms with Crippen molar-refractivity contribution in [2.75, 3.05) is 6.54 Å². The zero-order valence-electron chi connectivity index (χ0n) is 11.4. The molecule has 0 radical (unpaired) electrons. The van der Waals surface area contributed by atoms with Crippen LogP contribution in [-0.2, 0) is 6.18 Å². The van der Waals surface area contributed by atoms with E-state index in [0.29, 0.717) is 22.5 Å². The first-order valence-corrected chi connectivity index (χ1v) is 7.37. The zero-order chi connectivity index (χ0) is 15.5. The van der Waals surface area contributed by atoms with Crippen LogP contribution >= 0.6 is 15.9 Å². The van der Waals surface area contributed by atoms with Crippen molar-refractivity contribution in [1.82, 2.24) is 5.32 Å². The van der Waals surface area contributed by atoms with Crippen LogP contribution in [0.5, 0.6) is 0 Å². The summed E-state index contributed by atoms with van der Waals surface area (Å²) in [5, 5.41) is 3.21. The Hall–Kier alpha value is -1.27. The third-order valence-corrected chi connectivity index (χ3v) is 3.45. The van der Waals surface area contributed by atoms with Gasteiger partial charge in [0.05, 0.1) is 11.6 Å². The predicted molar refractivity (Wildman–Crippen MR) is 78.0 cm³/mol. The molecule has 2 nitrogen and oxygen atoms in total. The summed E-state index contributed by atoms with van der Waals surface area (Å²) in [6, 6.07) is 8.37. The highest BCUT2D eigenvalue weighted by Gasteiger charge is 2.31. The molecule has 1 heterocycles. The summed E-state index contributed by atoms with van der Waals surface area (Å²) >= 11 is 3.21. The monoisotopic (exact) mass is 361 g/mol. The average molecular weight is 362 g/mol. The first-order valence-electron chi connectivity index (χ1n) is 6.57. The van der Waals surface area contributed by atoms with Crippen molar-refractivity contribution in [2.45, 2.75) is 25.6 Å². The number of hydrogen-bond acceptors (Lipinski definition) is 2. The molecule has 0 amide bonds. The Kier molecular flexibility index (Phi) is 5.11. The van der Waals surface area contributed by atoms with Gasteiger partial charge >= 0.3 is 6.18 Å². The van der Waals surface area contributed by atoms with Gasteiger partial charge in [-0.25, -0.2) is 0 Å². The van der Waals surface area contributed by atoms with Crippen LogP contribution in [0.3, 0.4) is 0 Å². The van der Waals surface area contributed by atoms with Crippen molar-refractivity contribution in [2.24, 2.45) is 0 Å². The standard InChI is InChI=1S/C15H15BrF3NO/c1-2-8-20-14(12-6-7-13(16)21-12)10-4-3-5-11(9-10)15(17,18)19/h3-7,9,14,20H,2,8H2,1H3. The molecule has 1 atom stereocenters. The Morgan fingerprint density at radius 2 is 2.00 bits per heavy atom. The van der Waals surface area contributed by atoms with Crippen LogP contribution in [0, 0.1) is 0 Å². The fourth-order valence-electron chi connectivity index (χ4n) is 2.05. The Labute approximate surface area is 129 Å². The van der Waals surface area contributed by atoms with Crippen molar-refractivity contribution in [1.29, 1.82) is 0 Å². The van der Waals surface area contributed by atoms with Crippen LogP contribution in [0.2, 0.25) is 0 Å². The van der Waals surface area contributed by atoms with Gasteiger partial charge in [-0.2, -0.15) is 13.2 Å². The maximum Gasteiger partial charge on any atom is 0.416 e. The van der Waals surface area contributed by atoms with E-state index in [2.05, 4.69) is 21.2 Å². The van der Waals surface area contributed by atoms with Gasteiger partial charge in [0.15, 0.2) is 4.67 Å². The average Bonchev–Trinajstić information content (AvgIpc) is 2.85. The molecule has 0 saturated carbocycles. The molecule has 1 unspecified atom stereocenters. The largest absolute Gasteiger partial charge is 0.452 e. The van der Waals surface area contributed by atoms with E-state index < -0.39 is 17.8 Å². The van der Waals surface area contributed by atoms with Crippen LogP contribution in [0.4, 0.5) is 13.2 Å². The summed E-state index contributed by atoms with van der Waals surface area (Å²) in [6.45, 7) is 2.67. The second kappa shape index (κ2) is 6.66. The van der Waals surface area contributed by atoms with Gasteiger partial charge in [0.1, 0.15) is 5.76 Å². The van der Waals surface area contributed by atoms with Crippen molar-refractivity contribution in [3.8, 4) is 0 Å². The number of nitrogens with one attached hydrogen (secondary N) is 1. The molecule has 0 aliphatic rings. The van der Waals surface area contributed by atoms with Crippen molar-refractivity contribution in [3.05, 3.63) is 58.0 Å². The van der Waals surface area contributed by atoms with Crippen LogP contribution in [0.1, 0.15) is 36.3 Å². The lowest BCUT2D eigenvalue weighted by atomic mass is 10.0. The topological polar surface area (TPSA) is 25.2 Å². The molecule has 1 N–H and O–H groups in total. The summed E-state index contributed by atoms with van der Waals surface area (Å²) in [5.41, 5.74) is -0.131. The van der Waals surface area contributed by atoms with Crippen LogP contribution < -0.4 is 5.32 Å². The van der Waals surface area contributed by atoms with E-state index in [0.717, 1.165) is 18.6 Å². The molecular weight excluding hydrogens is 347 g/mol. The zero-order valence-corrected chi connectivity index (χ0v) is 13.0. The molecular formula is C15H15BrF3NO. The van der Waals surface area contributed by atoms with E-state index in [1.165, 1.54) is 6.07 Å². The summed E-state index contributed by atoms with van der Waals surface area (Å²) in [7, 11) is 0. The van der Waals surface area contributed by atoms with Crippen molar-refractivity contribution < 1.29 is 17.6 Å². The summed E-state index contributed by atoms with van der Waals surface area (Å²) in [4.78, 5) is 0. The molecule has 0 spiro atoms. The van der Waals surface area contributed by atoms with Gasteiger partial charge in [0, 0.05) is 0 Å². The quantitative estimate of drug-likeness (QED) is 0.796. The van der Waals surface area contributed by atoms with Gasteiger partial charge in [0.25, 0.3) is 0 Å². The van der Waals surface area contributed by atoms with E-state index in [4.69, 9.17) is 4.42 Å². The Balaban J connectivity index is 2.37. The maximum atomic E-state index is 12.8. The van der Waals surface area contributed by atoms with Crippen molar-refractivity contribution >= 4 is 15.9 Å². The summed E-state index contributed by atoms with van der Waals surface area (Å²) in [5.74, 6) is 0.578. The second-order valence-corrected chi connectivity index (χ2v) is 5.43. The molecule has 0 aliphatic heterocycles. The predicted octanol–water partition coefficient (Wildman–Crippen LogP) is 5.15. The number of halogens is 4. The second-order valence-electron chi connectivity index (χ2n) is 4.65. The van der Waals surface area contributed by atoms with E-state index >= 15 is 0 Å². The molecule has 2 aromatic rings. The minimum absolute atomic E-state index is 0.404. The van der Waals surface area contributed by atoms with E-state index in [1.807, 2.05) is 6.92 Å². The van der Waals surface area contributed by atoms with Crippen LogP contribution in [0.25, 0.3) is 0 Å². The highest BCUT2D eigenvalue weighted by atomic mass is 79.9. The molecule has 1 aromatic carbocycles. The Morgan fingerprint density at radius 1 is 1.24 bits per heavy atom. The lowest BCUT2D eigenvalue weighted by molar-refractivity contribution is -0.137. The van der Waals surface area contributed by atoms with Gasteiger partial charge in [-0.1, -0.05) is 19.1 Å². The van der Waals surface area contributed by atoms with Crippen molar-refractivity contribution in [3.63, 3.8) is 0 Å². The van der Waals surface area contributed by atoms with Gasteiger partial charge in [-0.05, 0) is 58.7 Å². The highest BCUT2D eigenvalue weighted by molar-refractivity contribution is 9.10. The van der Waals surface area contributed by atoms with Crippen LogP contribution in [-0.4, -0.2) is 6.54 Å². The Morgan fingerprint density at radius 3 is 2.57 bits per heavy atom. The summed E-state index contributed by atoms with van der Waals surface area (Å²) in [6.07, 6.45) is -3.48. The lowest BCUT2D eigenvalue weighted by Gasteiger charge is -2.18. The molecule has 0 bridgehead atoms. The lowest BCUT2D eigenvalue weighted by Crippen LogP contribution is -2.23.